The third-order valence-corrected chi connectivity index (χ3v) is 14.1. The Balaban J connectivity index is 0.602. The van der Waals surface area contributed by atoms with Crippen LogP contribution in [0.15, 0.2) is 109 Å². The fraction of sp³-hybridized carbons (Fsp3) is 0.281. The molecule has 348 valence electrons. The number of nitrogens with zero attached hydrogens (tertiary/aromatic N) is 8. The largest absolute Gasteiger partial charge is 0.332 e. The number of hydrogen-bond acceptors (Lipinski definition) is 10. The number of likely N-dealkylation sites (tertiary alicyclic amines) is 1. The number of piperidine rings is 1. The van der Waals surface area contributed by atoms with Crippen molar-refractivity contribution in [3.05, 3.63) is 160 Å². The first-order chi connectivity index (χ1) is 34.3. The molecule has 4 aromatic carbocycles. The molecule has 0 bridgehead atoms. The molecule has 3 fully saturated rings. The maximum atomic E-state index is 13.6. The molecule has 70 heavy (non-hydrogen) atoms. The average Bonchev–Trinajstić information content (AvgIpc) is 3.72. The van der Waals surface area contributed by atoms with E-state index in [-0.39, 0.29) is 24.1 Å². The van der Waals surface area contributed by atoms with Gasteiger partial charge in [-0.05, 0) is 83.6 Å². The van der Waals surface area contributed by atoms with Gasteiger partial charge in [0.05, 0.1) is 30.8 Å². The Labute approximate surface area is 407 Å². The van der Waals surface area contributed by atoms with Gasteiger partial charge in [0.25, 0.3) is 11.8 Å². The maximum absolute atomic E-state index is 13.6. The second-order valence-electron chi connectivity index (χ2n) is 18.6. The highest BCUT2D eigenvalue weighted by Gasteiger charge is 2.40. The predicted molar refractivity (Wildman–Crippen MR) is 268 cm³/mol. The molecule has 0 saturated carbocycles. The lowest BCUT2D eigenvalue weighted by Crippen LogP contribution is -2.62. The van der Waals surface area contributed by atoms with Crippen LogP contribution in [-0.2, 0) is 29.1 Å². The summed E-state index contributed by atoms with van der Waals surface area (Å²) in [6.45, 7) is 8.80. The fourth-order valence-electron chi connectivity index (χ4n) is 9.99. The zero-order valence-electron chi connectivity index (χ0n) is 38.8. The van der Waals surface area contributed by atoms with Crippen molar-refractivity contribution < 1.29 is 19.2 Å². The first-order valence-electron chi connectivity index (χ1n) is 24.1. The molecule has 0 aliphatic carbocycles. The summed E-state index contributed by atoms with van der Waals surface area (Å²) in [5, 5.41) is 3.40. The van der Waals surface area contributed by atoms with Gasteiger partial charge in [0, 0.05) is 110 Å². The quantitative estimate of drug-likeness (QED) is 0.118. The highest BCUT2D eigenvalue weighted by molar-refractivity contribution is 6.05. The summed E-state index contributed by atoms with van der Waals surface area (Å²) in [5.74, 6) is 13.1. The minimum atomic E-state index is -0.634. The lowest BCUT2D eigenvalue weighted by atomic mass is 10.0. The number of fused-ring (bicyclic) bond motifs is 3. The summed E-state index contributed by atoms with van der Waals surface area (Å²) in [6.07, 6.45) is 9.12. The van der Waals surface area contributed by atoms with Gasteiger partial charge in [0.1, 0.15) is 6.04 Å². The summed E-state index contributed by atoms with van der Waals surface area (Å²) in [7, 11) is 0. The molecule has 1 unspecified atom stereocenters. The van der Waals surface area contributed by atoms with Crippen LogP contribution < -0.4 is 5.32 Å². The maximum Gasteiger partial charge on any atom is 0.255 e. The Kier molecular flexibility index (Phi) is 12.5. The zero-order chi connectivity index (χ0) is 47.6. The number of aromatic nitrogens is 3. The van der Waals surface area contributed by atoms with E-state index in [0.717, 1.165) is 101 Å². The van der Waals surface area contributed by atoms with Crippen molar-refractivity contribution in [3.8, 4) is 35.1 Å². The molecule has 7 heterocycles. The van der Waals surface area contributed by atoms with Crippen LogP contribution in [-0.4, -0.2) is 134 Å². The number of nitrogens with one attached hydrogen (secondary N) is 1. The number of carbonyl (C=O) groups excluding carboxylic acids is 4. The standard InChI is InChI=1S/C57H51N9O4/c67-53-23-22-52(55(68)61-53)66-37-49-42(8-3-10-48(49)57(66)70)9-5-26-63-35-47(36-63)64-30-28-62(29-31-64)25-4-6-39-12-14-40(15-13-39)16-17-41-18-20-43(21-19-41)56(69)65-27-24-45-33-59-54(60-51(45)38-65)46-32-44-7-1-2-11-50(44)58-34-46/h1-3,7-8,10-21,32-34,47,52H,22-31,35-38H2,(H,61,67,68)/b17-16+. The summed E-state index contributed by atoms with van der Waals surface area (Å²) in [6, 6.07) is 31.6. The summed E-state index contributed by atoms with van der Waals surface area (Å²) in [5.41, 5.74) is 9.74. The van der Waals surface area contributed by atoms with Gasteiger partial charge < -0.3 is 9.80 Å². The molecule has 2 aromatic heterocycles. The second-order valence-corrected chi connectivity index (χ2v) is 18.6. The number of imide groups is 1. The average molecular weight is 926 g/mol. The molecule has 0 spiro atoms. The minimum Gasteiger partial charge on any atom is -0.332 e. The van der Waals surface area contributed by atoms with Gasteiger partial charge in [-0.1, -0.05) is 84.4 Å². The predicted octanol–water partition coefficient (Wildman–Crippen LogP) is 5.53. The van der Waals surface area contributed by atoms with Crippen molar-refractivity contribution in [1.82, 2.24) is 44.8 Å². The van der Waals surface area contributed by atoms with Gasteiger partial charge in [-0.25, -0.2) is 9.97 Å². The van der Waals surface area contributed by atoms with Gasteiger partial charge in [-0.15, -0.1) is 0 Å². The van der Waals surface area contributed by atoms with Crippen LogP contribution >= 0.6 is 0 Å². The Morgan fingerprint density at radius 3 is 2.30 bits per heavy atom. The number of amides is 4. The number of benzene rings is 4. The van der Waals surface area contributed by atoms with E-state index in [1.165, 1.54) is 0 Å². The van der Waals surface area contributed by atoms with Gasteiger partial charge in [0.15, 0.2) is 5.82 Å². The summed E-state index contributed by atoms with van der Waals surface area (Å²) in [4.78, 5) is 75.8. The summed E-state index contributed by atoms with van der Waals surface area (Å²) < 4.78 is 0. The Morgan fingerprint density at radius 2 is 1.50 bits per heavy atom. The lowest BCUT2D eigenvalue weighted by Gasteiger charge is -2.47. The van der Waals surface area contributed by atoms with Gasteiger partial charge in [-0.3, -0.25) is 44.2 Å². The van der Waals surface area contributed by atoms with Gasteiger partial charge in [-0.2, -0.15) is 0 Å². The first-order valence-corrected chi connectivity index (χ1v) is 24.1. The van der Waals surface area contributed by atoms with Crippen LogP contribution in [0.3, 0.4) is 0 Å². The lowest BCUT2D eigenvalue weighted by molar-refractivity contribution is -0.136. The fourth-order valence-corrected chi connectivity index (χ4v) is 9.99. The Morgan fingerprint density at radius 1 is 0.743 bits per heavy atom. The van der Waals surface area contributed by atoms with Crippen LogP contribution in [0.5, 0.6) is 0 Å². The molecule has 11 rings (SSSR count). The van der Waals surface area contributed by atoms with E-state index in [4.69, 9.17) is 4.98 Å². The molecule has 13 heteroatoms. The van der Waals surface area contributed by atoms with Crippen molar-refractivity contribution in [2.24, 2.45) is 0 Å². The minimum absolute atomic E-state index is 0.00716. The molecule has 5 aliphatic rings. The van der Waals surface area contributed by atoms with E-state index >= 15 is 0 Å². The number of para-hydroxylation sites is 1. The molecule has 0 radical (unpaired) electrons. The zero-order valence-corrected chi connectivity index (χ0v) is 38.8. The number of piperazine rings is 1. The first kappa shape index (κ1) is 44.7. The Bertz CT molecular complexity index is 3190. The van der Waals surface area contributed by atoms with E-state index in [0.29, 0.717) is 62.0 Å². The van der Waals surface area contributed by atoms with Crippen molar-refractivity contribution in [3.63, 3.8) is 0 Å². The highest BCUT2D eigenvalue weighted by Crippen LogP contribution is 2.30. The molecule has 3 saturated heterocycles. The number of pyridine rings is 1. The van der Waals surface area contributed by atoms with Gasteiger partial charge in [0.2, 0.25) is 11.8 Å². The molecule has 6 aromatic rings. The van der Waals surface area contributed by atoms with E-state index in [1.807, 2.05) is 71.8 Å². The van der Waals surface area contributed by atoms with Crippen molar-refractivity contribution >= 4 is 46.7 Å². The molecule has 1 N–H and O–H groups in total. The molecular formula is C57H51N9O4. The Hall–Kier alpha value is -7.81. The van der Waals surface area contributed by atoms with E-state index < -0.39 is 11.9 Å². The molecular weight excluding hydrogens is 875 g/mol. The molecule has 5 aliphatic heterocycles. The number of carbonyl (C=O) groups is 4. The van der Waals surface area contributed by atoms with Crippen LogP contribution in [0.4, 0.5) is 0 Å². The van der Waals surface area contributed by atoms with Crippen LogP contribution in [0.1, 0.15) is 72.6 Å². The van der Waals surface area contributed by atoms with Crippen LogP contribution in [0, 0.1) is 23.7 Å². The van der Waals surface area contributed by atoms with Crippen molar-refractivity contribution in [1.29, 1.82) is 0 Å². The van der Waals surface area contributed by atoms with Crippen molar-refractivity contribution in [2.45, 2.75) is 44.4 Å². The topological polar surface area (TPSA) is 135 Å². The smallest absolute Gasteiger partial charge is 0.255 e. The third kappa shape index (κ3) is 9.60. The van der Waals surface area contributed by atoms with Gasteiger partial charge >= 0.3 is 0 Å². The normalized spacial score (nSPS) is 18.7. The number of rotatable bonds is 8. The van der Waals surface area contributed by atoms with Crippen LogP contribution in [0.2, 0.25) is 0 Å². The van der Waals surface area contributed by atoms with Crippen LogP contribution in [0.25, 0.3) is 34.4 Å². The third-order valence-electron chi connectivity index (χ3n) is 14.1. The van der Waals surface area contributed by atoms with E-state index in [1.54, 1.807) is 17.2 Å². The molecule has 13 nitrogen and oxygen atoms in total. The monoisotopic (exact) mass is 925 g/mol. The van der Waals surface area contributed by atoms with E-state index in [9.17, 15) is 19.2 Å². The SMILES string of the molecule is O=C1CCC(N2Cc3c(C#CCN4CC(N5CCN(CC#Cc6ccc(/C=C/c7ccc(C(=O)N8CCc9cnc(-c%10cnc%11ccccc%11c%10)nc9C8)cc7)cc6)CC5)C4)cccc3C2=O)C(=O)N1. The number of hydrogen-bond donors (Lipinski definition) is 1. The van der Waals surface area contributed by atoms with Crippen molar-refractivity contribution in [2.75, 3.05) is 58.9 Å². The van der Waals surface area contributed by atoms with E-state index in [2.05, 4.69) is 96.2 Å². The molecule has 4 amide bonds. The highest BCUT2D eigenvalue weighted by atomic mass is 16.2. The molecule has 1 atom stereocenters. The second kappa shape index (κ2) is 19.7. The summed E-state index contributed by atoms with van der Waals surface area (Å²) >= 11 is 0.